The lowest BCUT2D eigenvalue weighted by molar-refractivity contribution is -0.137. The fraction of sp³-hybridized carbons (Fsp3) is 0.217. The van der Waals surface area contributed by atoms with Crippen molar-refractivity contribution >= 4 is 27.8 Å². The number of benzene rings is 2. The zero-order valence-electron chi connectivity index (χ0n) is 18.6. The van der Waals surface area contributed by atoms with E-state index >= 15 is 0 Å². The van der Waals surface area contributed by atoms with E-state index in [1.54, 1.807) is 7.05 Å². The molecule has 2 amide bonds. The maximum absolute atomic E-state index is 13.0. The van der Waals surface area contributed by atoms with E-state index in [0.29, 0.717) is 24.0 Å². The molecule has 0 fully saturated rings. The van der Waals surface area contributed by atoms with Crippen molar-refractivity contribution in [2.45, 2.75) is 25.6 Å². The van der Waals surface area contributed by atoms with Crippen LogP contribution in [0.25, 0.3) is 22.7 Å². The Bertz CT molecular complexity index is 1350. The van der Waals surface area contributed by atoms with Crippen molar-refractivity contribution in [1.82, 2.24) is 25.2 Å². The van der Waals surface area contributed by atoms with Crippen molar-refractivity contribution in [3.8, 4) is 22.7 Å². The summed E-state index contributed by atoms with van der Waals surface area (Å²) in [5, 5.41) is 13.7. The maximum Gasteiger partial charge on any atom is 0.416 e. The minimum atomic E-state index is -4.47. The topological polar surface area (TPSA) is 97.9 Å². The summed E-state index contributed by atoms with van der Waals surface area (Å²) in [5.74, 6) is 0.930. The zero-order chi connectivity index (χ0) is 25.2. The highest BCUT2D eigenvalue weighted by atomic mass is 79.9. The van der Waals surface area contributed by atoms with Gasteiger partial charge in [0.25, 0.3) is 5.89 Å². The number of carbonyl (C=O) groups is 1. The van der Waals surface area contributed by atoms with E-state index in [4.69, 9.17) is 4.52 Å². The lowest BCUT2D eigenvalue weighted by Crippen LogP contribution is -2.33. The van der Waals surface area contributed by atoms with Gasteiger partial charge < -0.3 is 9.84 Å². The molecule has 2 aromatic heterocycles. The zero-order valence-corrected chi connectivity index (χ0v) is 20.2. The molecule has 0 aliphatic heterocycles. The number of halogens is 4. The molecule has 8 nitrogen and oxygen atoms in total. The number of nitrogens with one attached hydrogen (secondary N) is 2. The molecule has 2 heterocycles. The van der Waals surface area contributed by atoms with Crippen LogP contribution in [0.1, 0.15) is 30.8 Å². The maximum atomic E-state index is 13.0. The standard InChI is InChI=1S/C23H20BrF3N6O2/c1-3-17(20-30-21(35-32-20)14-7-5-9-16(24)11-14)28-22(34)29-19-12-18(31-33(19)2)13-6-4-8-15(10-13)23(25,26)27/h4-12,17H,3H2,1-2H3,(H2,28,29,34). The van der Waals surface area contributed by atoms with E-state index in [-0.39, 0.29) is 11.3 Å². The molecule has 0 radical (unpaired) electrons. The van der Waals surface area contributed by atoms with Gasteiger partial charge >= 0.3 is 12.2 Å². The van der Waals surface area contributed by atoms with E-state index in [1.807, 2.05) is 31.2 Å². The molecule has 1 unspecified atom stereocenters. The number of hydrogen-bond donors (Lipinski definition) is 2. The van der Waals surface area contributed by atoms with E-state index in [2.05, 4.69) is 41.8 Å². The molecular weight excluding hydrogens is 529 g/mol. The number of nitrogens with zero attached hydrogens (tertiary/aromatic N) is 4. The van der Waals surface area contributed by atoms with E-state index in [0.717, 1.165) is 22.2 Å². The Labute approximate surface area is 206 Å². The smallest absolute Gasteiger partial charge is 0.334 e. The number of hydrogen-bond acceptors (Lipinski definition) is 5. The van der Waals surface area contributed by atoms with Crippen LogP contribution in [0.2, 0.25) is 0 Å². The van der Waals surface area contributed by atoms with Crippen LogP contribution in [0.3, 0.4) is 0 Å². The number of alkyl halides is 3. The van der Waals surface area contributed by atoms with Crippen molar-refractivity contribution in [3.05, 3.63) is 70.5 Å². The largest absolute Gasteiger partial charge is 0.416 e. The van der Waals surface area contributed by atoms with Crippen LogP contribution in [0, 0.1) is 0 Å². The highest BCUT2D eigenvalue weighted by molar-refractivity contribution is 9.10. The fourth-order valence-electron chi connectivity index (χ4n) is 3.36. The number of urea groups is 1. The number of anilines is 1. The normalized spacial score (nSPS) is 12.4. The second-order valence-corrected chi connectivity index (χ2v) is 8.56. The van der Waals surface area contributed by atoms with Crippen molar-refractivity contribution in [2.75, 3.05) is 5.32 Å². The minimum absolute atomic E-state index is 0.280. The third-order valence-corrected chi connectivity index (χ3v) is 5.64. The third kappa shape index (κ3) is 5.70. The third-order valence-electron chi connectivity index (χ3n) is 5.15. The summed E-state index contributed by atoms with van der Waals surface area (Å²) in [6.45, 7) is 1.86. The number of aromatic nitrogens is 4. The van der Waals surface area contributed by atoms with Gasteiger partial charge in [0.15, 0.2) is 5.82 Å². The molecule has 0 saturated heterocycles. The van der Waals surface area contributed by atoms with Gasteiger partial charge in [-0.05, 0) is 36.8 Å². The summed E-state index contributed by atoms with van der Waals surface area (Å²) >= 11 is 3.40. The monoisotopic (exact) mass is 548 g/mol. The Morgan fingerprint density at radius 3 is 2.60 bits per heavy atom. The molecule has 4 aromatic rings. The molecule has 1 atom stereocenters. The van der Waals surface area contributed by atoms with Crippen LogP contribution in [0.4, 0.5) is 23.8 Å². The van der Waals surface area contributed by atoms with Gasteiger partial charge in [-0.25, -0.2) is 4.79 Å². The van der Waals surface area contributed by atoms with Gasteiger partial charge in [-0.15, -0.1) is 0 Å². The first-order valence-electron chi connectivity index (χ1n) is 10.5. The Morgan fingerprint density at radius 1 is 1.14 bits per heavy atom. The lowest BCUT2D eigenvalue weighted by Gasteiger charge is -2.13. The number of carbonyl (C=O) groups excluding carboxylic acids is 1. The summed E-state index contributed by atoms with van der Waals surface area (Å²) in [5.41, 5.74) is 0.524. The van der Waals surface area contributed by atoms with Crippen LogP contribution >= 0.6 is 15.9 Å². The molecule has 2 aromatic carbocycles. The molecule has 0 aliphatic rings. The Hall–Kier alpha value is -3.67. The van der Waals surface area contributed by atoms with Crippen molar-refractivity contribution in [1.29, 1.82) is 0 Å². The first kappa shape index (κ1) is 24.5. The van der Waals surface area contributed by atoms with Gasteiger partial charge in [0.1, 0.15) is 5.82 Å². The van der Waals surface area contributed by atoms with Crippen LogP contribution in [0.5, 0.6) is 0 Å². The van der Waals surface area contributed by atoms with Crippen molar-refractivity contribution in [2.24, 2.45) is 7.05 Å². The molecule has 0 spiro atoms. The molecule has 2 N–H and O–H groups in total. The quantitative estimate of drug-likeness (QED) is 0.299. The van der Waals surface area contributed by atoms with Gasteiger partial charge in [0.05, 0.1) is 17.3 Å². The van der Waals surface area contributed by atoms with Crippen molar-refractivity contribution in [3.63, 3.8) is 0 Å². The molecule has 0 bridgehead atoms. The van der Waals surface area contributed by atoms with E-state index in [1.165, 1.54) is 22.9 Å². The molecule has 35 heavy (non-hydrogen) atoms. The molecule has 12 heteroatoms. The SMILES string of the molecule is CCC(NC(=O)Nc1cc(-c2cccc(C(F)(F)F)c2)nn1C)c1noc(-c2cccc(Br)c2)n1. The first-order valence-corrected chi connectivity index (χ1v) is 11.3. The molecule has 0 aliphatic carbocycles. The van der Waals surface area contributed by atoms with Gasteiger partial charge in [0, 0.05) is 28.7 Å². The summed E-state index contributed by atoms with van der Waals surface area (Å²) in [6.07, 6.45) is -3.97. The van der Waals surface area contributed by atoms with Crippen LogP contribution in [-0.2, 0) is 13.2 Å². The average molecular weight is 549 g/mol. The Balaban J connectivity index is 1.46. The second kappa shape index (κ2) is 9.90. The fourth-order valence-corrected chi connectivity index (χ4v) is 3.75. The Morgan fingerprint density at radius 2 is 1.89 bits per heavy atom. The predicted molar refractivity (Wildman–Crippen MR) is 126 cm³/mol. The van der Waals surface area contributed by atoms with E-state index < -0.39 is 23.8 Å². The van der Waals surface area contributed by atoms with Gasteiger partial charge in [-0.1, -0.05) is 46.2 Å². The van der Waals surface area contributed by atoms with Crippen molar-refractivity contribution < 1.29 is 22.5 Å². The molecule has 182 valence electrons. The minimum Gasteiger partial charge on any atom is -0.334 e. The van der Waals surface area contributed by atoms with Crippen LogP contribution < -0.4 is 10.6 Å². The summed E-state index contributed by atoms with van der Waals surface area (Å²) in [6, 6.07) is 12.6. The Kier molecular flexibility index (Phi) is 6.92. The lowest BCUT2D eigenvalue weighted by atomic mass is 10.1. The summed E-state index contributed by atoms with van der Waals surface area (Å²) in [7, 11) is 1.58. The first-order chi connectivity index (χ1) is 16.6. The predicted octanol–water partition coefficient (Wildman–Crippen LogP) is 6.19. The van der Waals surface area contributed by atoms with Gasteiger partial charge in [-0.2, -0.15) is 23.3 Å². The highest BCUT2D eigenvalue weighted by Gasteiger charge is 2.30. The van der Waals surface area contributed by atoms with Crippen LogP contribution in [0.15, 0.2) is 63.6 Å². The van der Waals surface area contributed by atoms with Gasteiger partial charge in [-0.3, -0.25) is 10.00 Å². The van der Waals surface area contributed by atoms with Gasteiger partial charge in [0.2, 0.25) is 0 Å². The van der Waals surface area contributed by atoms with E-state index in [9.17, 15) is 18.0 Å². The van der Waals surface area contributed by atoms with Crippen LogP contribution in [-0.4, -0.2) is 26.0 Å². The second-order valence-electron chi connectivity index (χ2n) is 7.64. The number of aryl methyl sites for hydroxylation is 1. The number of rotatable bonds is 6. The number of amides is 2. The highest BCUT2D eigenvalue weighted by Crippen LogP contribution is 2.32. The summed E-state index contributed by atoms with van der Waals surface area (Å²) < 4.78 is 46.7. The molecular formula is C23H20BrF3N6O2. The molecule has 4 rings (SSSR count). The average Bonchev–Trinajstić information content (AvgIpc) is 3.44. The summed E-state index contributed by atoms with van der Waals surface area (Å²) in [4.78, 5) is 17.0. The molecule has 0 saturated carbocycles.